The zero-order valence-electron chi connectivity index (χ0n) is 13.4. The molecule has 0 aliphatic rings. The molecule has 0 aromatic carbocycles. The average Bonchev–Trinajstić information content (AvgIpc) is 2.41. The average molecular weight is 287 g/mol. The predicted octanol–water partition coefficient (Wildman–Crippen LogP) is 5.44. The molecule has 0 rings (SSSR count). The van der Waals surface area contributed by atoms with Crippen LogP contribution in [0, 0.1) is 0 Å². The molecule has 0 spiro atoms. The second kappa shape index (κ2) is 12.9. The number of rotatable bonds is 14. The molecule has 2 nitrogen and oxygen atoms in total. The van der Waals surface area contributed by atoms with E-state index in [4.69, 9.17) is 8.85 Å². The Hall–Kier alpha value is -0.123. The Balaban J connectivity index is 3.32. The van der Waals surface area contributed by atoms with E-state index in [0.717, 1.165) is 12.7 Å². The molecule has 3 heteroatoms. The van der Waals surface area contributed by atoms with Gasteiger partial charge >= 0.3 is 8.56 Å². The Bertz CT molecular complexity index is 209. The zero-order chi connectivity index (χ0) is 14.4. The van der Waals surface area contributed by atoms with Crippen molar-refractivity contribution >= 4 is 8.56 Å². The van der Waals surface area contributed by atoms with E-state index < -0.39 is 8.56 Å². The number of unbranched alkanes of at least 4 members (excludes halogenated alkanes) is 8. The van der Waals surface area contributed by atoms with E-state index in [9.17, 15) is 0 Å². The van der Waals surface area contributed by atoms with Crippen molar-refractivity contribution in [2.75, 3.05) is 13.7 Å². The largest absolute Gasteiger partial charge is 0.398 e. The summed E-state index contributed by atoms with van der Waals surface area (Å²) < 4.78 is 11.3. The maximum absolute atomic E-state index is 5.77. The van der Waals surface area contributed by atoms with Crippen LogP contribution in [0.15, 0.2) is 12.7 Å². The number of hydrogen-bond acceptors (Lipinski definition) is 2. The van der Waals surface area contributed by atoms with Gasteiger partial charge in [0, 0.05) is 13.7 Å². The van der Waals surface area contributed by atoms with Gasteiger partial charge in [-0.3, -0.25) is 0 Å². The van der Waals surface area contributed by atoms with Gasteiger partial charge in [0.25, 0.3) is 0 Å². The number of hydrogen-bond donors (Lipinski definition) is 0. The summed E-state index contributed by atoms with van der Waals surface area (Å²) in [6, 6.07) is 1.14. The van der Waals surface area contributed by atoms with E-state index in [2.05, 4.69) is 20.0 Å². The van der Waals surface area contributed by atoms with Crippen molar-refractivity contribution in [2.45, 2.75) is 77.3 Å². The van der Waals surface area contributed by atoms with Gasteiger partial charge in [0.15, 0.2) is 0 Å². The van der Waals surface area contributed by atoms with Gasteiger partial charge in [0.2, 0.25) is 0 Å². The molecule has 19 heavy (non-hydrogen) atoms. The summed E-state index contributed by atoms with van der Waals surface area (Å²) in [7, 11) is -0.0264. The second-order valence-corrected chi connectivity index (χ2v) is 8.89. The third-order valence-electron chi connectivity index (χ3n) is 3.67. The molecule has 1 unspecified atom stereocenters. The molecule has 0 aromatic heterocycles. The van der Waals surface area contributed by atoms with E-state index in [0.29, 0.717) is 0 Å². The van der Waals surface area contributed by atoms with Crippen LogP contribution in [0.5, 0.6) is 0 Å². The maximum Gasteiger partial charge on any atom is 0.334 e. The lowest BCUT2D eigenvalue weighted by atomic mass is 10.1. The third kappa shape index (κ3) is 11.4. The summed E-state index contributed by atoms with van der Waals surface area (Å²) in [5.41, 5.74) is 0. The van der Waals surface area contributed by atoms with Gasteiger partial charge in [0.1, 0.15) is 0 Å². The summed E-state index contributed by atoms with van der Waals surface area (Å²) >= 11 is 0. The van der Waals surface area contributed by atoms with Gasteiger partial charge < -0.3 is 8.85 Å². The molecule has 0 aliphatic heterocycles. The van der Waals surface area contributed by atoms with Gasteiger partial charge in [-0.25, -0.2) is 0 Å². The highest BCUT2D eigenvalue weighted by molar-refractivity contribution is 6.65. The summed E-state index contributed by atoms with van der Waals surface area (Å²) in [6.07, 6.45) is 14.0. The van der Waals surface area contributed by atoms with Crippen LogP contribution in [0.3, 0.4) is 0 Å². The fourth-order valence-corrected chi connectivity index (χ4v) is 4.30. The lowest BCUT2D eigenvalue weighted by Crippen LogP contribution is -2.37. The van der Waals surface area contributed by atoms with Crippen molar-refractivity contribution in [1.29, 1.82) is 0 Å². The molecule has 0 N–H and O–H groups in total. The van der Waals surface area contributed by atoms with Crippen LogP contribution in [0.4, 0.5) is 0 Å². The molecule has 0 amide bonds. The van der Waals surface area contributed by atoms with Gasteiger partial charge in [-0.1, -0.05) is 51.0 Å². The monoisotopic (exact) mass is 286 g/mol. The van der Waals surface area contributed by atoms with Crippen LogP contribution in [0.25, 0.3) is 0 Å². The molecule has 0 radical (unpaired) electrons. The Morgan fingerprint density at radius 3 is 1.95 bits per heavy atom. The minimum Gasteiger partial charge on any atom is -0.398 e. The van der Waals surface area contributed by atoms with E-state index >= 15 is 0 Å². The lowest BCUT2D eigenvalue weighted by molar-refractivity contribution is 0.214. The fourth-order valence-electron chi connectivity index (χ4n) is 2.33. The normalized spacial score (nSPS) is 14.3. The minimum atomic E-state index is -1.82. The first-order valence-electron chi connectivity index (χ1n) is 7.98. The second-order valence-electron chi connectivity index (χ2n) is 5.43. The van der Waals surface area contributed by atoms with Crippen molar-refractivity contribution in [2.24, 2.45) is 0 Å². The van der Waals surface area contributed by atoms with Gasteiger partial charge in [-0.15, -0.1) is 6.58 Å². The van der Waals surface area contributed by atoms with Crippen molar-refractivity contribution in [3.8, 4) is 0 Å². The molecule has 1 atom stereocenters. The summed E-state index contributed by atoms with van der Waals surface area (Å²) in [5.74, 6) is 0. The van der Waals surface area contributed by atoms with E-state index in [1.807, 2.05) is 6.08 Å². The highest BCUT2D eigenvalue weighted by atomic mass is 28.4. The predicted molar refractivity (Wildman–Crippen MR) is 86.8 cm³/mol. The van der Waals surface area contributed by atoms with Crippen molar-refractivity contribution in [1.82, 2.24) is 0 Å². The zero-order valence-corrected chi connectivity index (χ0v) is 14.4. The summed E-state index contributed by atoms with van der Waals surface area (Å²) in [5, 5.41) is 0. The first kappa shape index (κ1) is 18.9. The standard InChI is InChI=1S/C16H34O2Si/c1-5-7-8-9-10-11-12-13-14-15-16-19(4,17-3)18-6-2/h5H,1,6-16H2,2-4H3. The molecular weight excluding hydrogens is 252 g/mol. The van der Waals surface area contributed by atoms with Crippen molar-refractivity contribution in [3.05, 3.63) is 12.7 Å². The molecule has 0 bridgehead atoms. The van der Waals surface area contributed by atoms with Crippen LogP contribution >= 0.6 is 0 Å². The molecule has 0 saturated carbocycles. The fraction of sp³-hybridized carbons (Fsp3) is 0.875. The SMILES string of the molecule is C=CCCCCCCCCCC[Si](C)(OC)OCC. The molecule has 0 heterocycles. The minimum absolute atomic E-state index is 0.779. The Morgan fingerprint density at radius 2 is 1.47 bits per heavy atom. The van der Waals surface area contributed by atoms with Crippen LogP contribution < -0.4 is 0 Å². The molecule has 0 aliphatic carbocycles. The van der Waals surface area contributed by atoms with Gasteiger partial charge in [-0.05, 0) is 32.4 Å². The molecule has 0 fully saturated rings. The molecule has 114 valence electrons. The third-order valence-corrected chi connectivity index (χ3v) is 6.70. The Morgan fingerprint density at radius 1 is 0.947 bits per heavy atom. The molecular formula is C16H34O2Si. The highest BCUT2D eigenvalue weighted by Crippen LogP contribution is 2.18. The first-order valence-corrected chi connectivity index (χ1v) is 10.5. The van der Waals surface area contributed by atoms with E-state index in [-0.39, 0.29) is 0 Å². The summed E-state index contributed by atoms with van der Waals surface area (Å²) in [4.78, 5) is 0. The van der Waals surface area contributed by atoms with Crippen LogP contribution in [-0.2, 0) is 8.85 Å². The first-order chi connectivity index (χ1) is 9.18. The van der Waals surface area contributed by atoms with Gasteiger partial charge in [-0.2, -0.15) is 0 Å². The Labute approximate surface area is 121 Å². The smallest absolute Gasteiger partial charge is 0.334 e. The number of allylic oxidation sites excluding steroid dienone is 1. The molecule has 0 aromatic rings. The van der Waals surface area contributed by atoms with E-state index in [1.54, 1.807) is 7.11 Å². The van der Waals surface area contributed by atoms with Crippen molar-refractivity contribution in [3.63, 3.8) is 0 Å². The molecule has 0 saturated heterocycles. The van der Waals surface area contributed by atoms with Crippen molar-refractivity contribution < 1.29 is 8.85 Å². The summed E-state index contributed by atoms with van der Waals surface area (Å²) in [6.45, 7) is 8.76. The lowest BCUT2D eigenvalue weighted by Gasteiger charge is -2.24. The quantitative estimate of drug-likeness (QED) is 0.240. The van der Waals surface area contributed by atoms with E-state index in [1.165, 1.54) is 57.8 Å². The highest BCUT2D eigenvalue weighted by Gasteiger charge is 2.28. The van der Waals surface area contributed by atoms with Crippen LogP contribution in [-0.4, -0.2) is 22.3 Å². The van der Waals surface area contributed by atoms with Crippen LogP contribution in [0.1, 0.15) is 64.7 Å². The van der Waals surface area contributed by atoms with Gasteiger partial charge in [0.05, 0.1) is 0 Å². The maximum atomic E-state index is 5.77. The van der Waals surface area contributed by atoms with Crippen LogP contribution in [0.2, 0.25) is 12.6 Å². The topological polar surface area (TPSA) is 18.5 Å². The Kier molecular flexibility index (Phi) is 12.8.